The van der Waals surface area contributed by atoms with Crippen LogP contribution >= 0.6 is 0 Å². The third-order valence-corrected chi connectivity index (χ3v) is 3.50. The zero-order chi connectivity index (χ0) is 15.0. The molecule has 20 heavy (non-hydrogen) atoms. The topological polar surface area (TPSA) is 38.8 Å². The lowest BCUT2D eigenvalue weighted by atomic mass is 10.0. The molecule has 4 heteroatoms. The molecule has 0 fully saturated rings. The van der Waals surface area contributed by atoms with Gasteiger partial charge in [-0.05, 0) is 30.5 Å². The molecule has 0 heterocycles. The minimum atomic E-state index is -0.172. The lowest BCUT2D eigenvalue weighted by Gasteiger charge is -2.23. The normalized spacial score (nSPS) is 10.8. The van der Waals surface area contributed by atoms with E-state index in [2.05, 4.69) is 36.9 Å². The maximum atomic E-state index is 11.3. The molecule has 0 radical (unpaired) electrons. The molecular weight excluding hydrogens is 254 g/mol. The first-order valence-corrected chi connectivity index (χ1v) is 6.91. The highest BCUT2D eigenvalue weighted by Crippen LogP contribution is 2.16. The van der Waals surface area contributed by atoms with Crippen molar-refractivity contribution in [2.75, 3.05) is 33.9 Å². The van der Waals surface area contributed by atoms with Crippen LogP contribution in [0.4, 0.5) is 0 Å². The smallest absolute Gasteiger partial charge is 0.306 e. The van der Waals surface area contributed by atoms with Crippen LogP contribution in [0.3, 0.4) is 0 Å². The Balaban J connectivity index is 2.70. The van der Waals surface area contributed by atoms with E-state index in [1.807, 2.05) is 0 Å². The molecule has 0 saturated heterocycles. The first-order chi connectivity index (χ1) is 9.58. The molecule has 1 aromatic rings. The number of carbonyl (C=O) groups excluding carboxylic acids is 1. The van der Waals surface area contributed by atoms with Gasteiger partial charge < -0.3 is 9.47 Å². The van der Waals surface area contributed by atoms with Gasteiger partial charge in [-0.2, -0.15) is 0 Å². The number of ether oxygens (including phenoxy) is 2. The number of nitrogens with zero attached hydrogens (tertiary/aromatic N) is 1. The molecule has 0 saturated carbocycles. The summed E-state index contributed by atoms with van der Waals surface area (Å²) >= 11 is 0. The molecule has 0 N–H and O–H groups in total. The van der Waals surface area contributed by atoms with E-state index in [4.69, 9.17) is 9.47 Å². The van der Waals surface area contributed by atoms with Crippen LogP contribution in [0.2, 0.25) is 0 Å². The fourth-order valence-electron chi connectivity index (χ4n) is 2.16. The highest BCUT2D eigenvalue weighted by molar-refractivity contribution is 5.69. The molecular formula is C16H25NO3. The van der Waals surface area contributed by atoms with Crippen LogP contribution < -0.4 is 0 Å². The van der Waals surface area contributed by atoms with Crippen molar-refractivity contribution in [1.82, 2.24) is 4.90 Å². The molecule has 0 spiro atoms. The molecule has 0 aliphatic carbocycles. The largest absolute Gasteiger partial charge is 0.469 e. The van der Waals surface area contributed by atoms with E-state index in [0.717, 1.165) is 13.1 Å². The van der Waals surface area contributed by atoms with Gasteiger partial charge in [0.25, 0.3) is 0 Å². The van der Waals surface area contributed by atoms with E-state index in [-0.39, 0.29) is 5.97 Å². The van der Waals surface area contributed by atoms with Crippen LogP contribution in [-0.2, 0) is 20.8 Å². The van der Waals surface area contributed by atoms with Crippen molar-refractivity contribution in [3.63, 3.8) is 0 Å². The van der Waals surface area contributed by atoms with Crippen molar-refractivity contribution in [2.24, 2.45) is 0 Å². The molecule has 1 aromatic carbocycles. The number of benzene rings is 1. The second-order valence-corrected chi connectivity index (χ2v) is 4.97. The number of carbonyl (C=O) groups is 1. The Labute approximate surface area is 121 Å². The second-order valence-electron chi connectivity index (χ2n) is 4.97. The van der Waals surface area contributed by atoms with E-state index < -0.39 is 0 Å². The van der Waals surface area contributed by atoms with Crippen molar-refractivity contribution in [3.05, 3.63) is 34.9 Å². The highest BCUT2D eigenvalue weighted by atomic mass is 16.5. The SMILES string of the molecule is COCCN(CCC(=O)OC)Cc1c(C)cccc1C. The molecule has 0 amide bonds. The van der Waals surface area contributed by atoms with Gasteiger partial charge in [0.2, 0.25) is 0 Å². The summed E-state index contributed by atoms with van der Waals surface area (Å²) in [6.45, 7) is 7.23. The predicted octanol–water partition coefficient (Wildman–Crippen LogP) is 2.31. The van der Waals surface area contributed by atoms with E-state index in [0.29, 0.717) is 19.6 Å². The second kappa shape index (κ2) is 8.72. The van der Waals surface area contributed by atoms with Gasteiger partial charge in [-0.15, -0.1) is 0 Å². The van der Waals surface area contributed by atoms with Gasteiger partial charge >= 0.3 is 5.97 Å². The Kier molecular flexibility index (Phi) is 7.26. The summed E-state index contributed by atoms with van der Waals surface area (Å²) in [6, 6.07) is 6.32. The minimum Gasteiger partial charge on any atom is -0.469 e. The average molecular weight is 279 g/mol. The summed E-state index contributed by atoms with van der Waals surface area (Å²) in [6.07, 6.45) is 0.408. The van der Waals surface area contributed by atoms with Crippen LogP contribution in [0.25, 0.3) is 0 Å². The van der Waals surface area contributed by atoms with E-state index in [9.17, 15) is 4.79 Å². The van der Waals surface area contributed by atoms with Gasteiger partial charge in [0.05, 0.1) is 20.1 Å². The number of hydrogen-bond donors (Lipinski definition) is 0. The Morgan fingerprint density at radius 1 is 1.15 bits per heavy atom. The lowest BCUT2D eigenvalue weighted by molar-refractivity contribution is -0.141. The number of esters is 1. The number of hydrogen-bond acceptors (Lipinski definition) is 4. The van der Waals surface area contributed by atoms with Gasteiger partial charge in [-0.3, -0.25) is 9.69 Å². The summed E-state index contributed by atoms with van der Waals surface area (Å²) in [5.74, 6) is -0.172. The zero-order valence-electron chi connectivity index (χ0n) is 12.9. The summed E-state index contributed by atoms with van der Waals surface area (Å²) in [5.41, 5.74) is 3.89. The van der Waals surface area contributed by atoms with E-state index in [1.165, 1.54) is 23.8 Å². The lowest BCUT2D eigenvalue weighted by Crippen LogP contribution is -2.30. The van der Waals surface area contributed by atoms with Crippen molar-refractivity contribution in [2.45, 2.75) is 26.8 Å². The third-order valence-electron chi connectivity index (χ3n) is 3.50. The fraction of sp³-hybridized carbons (Fsp3) is 0.562. The Morgan fingerprint density at radius 2 is 1.80 bits per heavy atom. The Hall–Kier alpha value is -1.39. The third kappa shape index (κ3) is 5.31. The van der Waals surface area contributed by atoms with E-state index in [1.54, 1.807) is 7.11 Å². The van der Waals surface area contributed by atoms with Crippen LogP contribution in [0, 0.1) is 13.8 Å². The molecule has 0 aromatic heterocycles. The van der Waals surface area contributed by atoms with Crippen molar-refractivity contribution in [1.29, 1.82) is 0 Å². The van der Waals surface area contributed by atoms with Gasteiger partial charge in [0, 0.05) is 26.7 Å². The van der Waals surface area contributed by atoms with Crippen molar-refractivity contribution < 1.29 is 14.3 Å². The first-order valence-electron chi connectivity index (χ1n) is 6.91. The number of methoxy groups -OCH3 is 2. The summed E-state index contributed by atoms with van der Waals surface area (Å²) in [5, 5.41) is 0. The maximum absolute atomic E-state index is 11.3. The zero-order valence-corrected chi connectivity index (χ0v) is 12.9. The van der Waals surface area contributed by atoms with Crippen LogP contribution in [0.5, 0.6) is 0 Å². The minimum absolute atomic E-state index is 0.172. The predicted molar refractivity (Wildman–Crippen MR) is 79.7 cm³/mol. The van der Waals surface area contributed by atoms with Crippen LogP contribution in [-0.4, -0.2) is 44.8 Å². The monoisotopic (exact) mass is 279 g/mol. The van der Waals surface area contributed by atoms with Gasteiger partial charge in [-0.25, -0.2) is 0 Å². The number of rotatable bonds is 8. The Morgan fingerprint density at radius 3 is 2.35 bits per heavy atom. The summed E-state index contributed by atoms with van der Waals surface area (Å²) < 4.78 is 9.85. The van der Waals surface area contributed by atoms with E-state index >= 15 is 0 Å². The standard InChI is InChI=1S/C16H25NO3/c1-13-6-5-7-14(2)15(13)12-17(10-11-19-3)9-8-16(18)20-4/h5-7H,8-12H2,1-4H3. The molecule has 0 aliphatic rings. The average Bonchev–Trinajstić information content (AvgIpc) is 2.44. The maximum Gasteiger partial charge on any atom is 0.306 e. The molecule has 0 unspecified atom stereocenters. The Bertz CT molecular complexity index is 411. The summed E-state index contributed by atoms with van der Waals surface area (Å²) in [4.78, 5) is 13.5. The van der Waals surface area contributed by atoms with Crippen LogP contribution in [0.15, 0.2) is 18.2 Å². The first kappa shape index (κ1) is 16.7. The molecule has 0 atom stereocenters. The van der Waals surface area contributed by atoms with Crippen LogP contribution in [0.1, 0.15) is 23.1 Å². The number of aryl methyl sites for hydroxylation is 2. The molecule has 1 rings (SSSR count). The molecule has 0 bridgehead atoms. The highest BCUT2D eigenvalue weighted by Gasteiger charge is 2.11. The van der Waals surface area contributed by atoms with Gasteiger partial charge in [-0.1, -0.05) is 18.2 Å². The summed E-state index contributed by atoms with van der Waals surface area (Å²) in [7, 11) is 3.12. The van der Waals surface area contributed by atoms with Gasteiger partial charge in [0.1, 0.15) is 0 Å². The van der Waals surface area contributed by atoms with Gasteiger partial charge in [0.15, 0.2) is 0 Å². The quantitative estimate of drug-likeness (QED) is 0.685. The molecule has 112 valence electrons. The molecule has 0 aliphatic heterocycles. The fourth-order valence-corrected chi connectivity index (χ4v) is 2.16. The molecule has 4 nitrogen and oxygen atoms in total. The van der Waals surface area contributed by atoms with Crippen molar-refractivity contribution in [3.8, 4) is 0 Å². The van der Waals surface area contributed by atoms with Crippen molar-refractivity contribution >= 4 is 5.97 Å².